The molecule has 0 saturated heterocycles. The van der Waals surface area contributed by atoms with Crippen LogP contribution in [0.15, 0.2) is 39.5 Å². The lowest BCUT2D eigenvalue weighted by molar-refractivity contribution is 0.411. The summed E-state index contributed by atoms with van der Waals surface area (Å²) in [6, 6.07) is 7.40. The second-order valence-corrected chi connectivity index (χ2v) is 4.42. The van der Waals surface area contributed by atoms with E-state index < -0.39 is 5.82 Å². The highest BCUT2D eigenvalue weighted by atomic mass is 19.1. The zero-order valence-corrected chi connectivity index (χ0v) is 10.5. The summed E-state index contributed by atoms with van der Waals surface area (Å²) in [5.74, 6) is 0.0272. The first-order valence-electron chi connectivity index (χ1n) is 5.81. The molecule has 0 radical (unpaired) electrons. The number of hydrogen-bond acceptors (Lipinski definition) is 3. The number of methoxy groups -OCH3 is 1. The Hall–Kier alpha value is -2.36. The molecule has 4 heteroatoms. The zero-order valence-electron chi connectivity index (χ0n) is 10.5. The van der Waals surface area contributed by atoms with Gasteiger partial charge in [0.05, 0.1) is 17.9 Å². The van der Waals surface area contributed by atoms with Crippen molar-refractivity contribution in [1.82, 2.24) is 0 Å². The number of aryl methyl sites for hydroxylation is 1. The van der Waals surface area contributed by atoms with E-state index in [2.05, 4.69) is 0 Å². The molecule has 3 rings (SSSR count). The van der Waals surface area contributed by atoms with Gasteiger partial charge >= 0.3 is 0 Å². The van der Waals surface area contributed by atoms with Crippen LogP contribution in [0.2, 0.25) is 0 Å². The maximum atomic E-state index is 13.2. The zero-order chi connectivity index (χ0) is 13.6. The molecule has 0 aliphatic rings. The standard InChI is InChI=1S/C15H11FO3/c1-8-5-11-14(17)10-4-3-9(16)7-12(10)19-15(11)13(6-8)18-2/h3-7H,1-2H3. The van der Waals surface area contributed by atoms with Gasteiger partial charge < -0.3 is 9.15 Å². The van der Waals surface area contributed by atoms with E-state index in [1.165, 1.54) is 25.3 Å². The minimum absolute atomic E-state index is 0.182. The number of hydrogen-bond donors (Lipinski definition) is 0. The Bertz CT molecular complexity index is 849. The fourth-order valence-electron chi connectivity index (χ4n) is 2.19. The SMILES string of the molecule is COc1cc(C)cc2c(=O)c3ccc(F)cc3oc12. The van der Waals surface area contributed by atoms with Gasteiger partial charge in [-0.1, -0.05) is 0 Å². The first-order chi connectivity index (χ1) is 9.10. The summed E-state index contributed by atoms with van der Waals surface area (Å²) < 4.78 is 24.1. The van der Waals surface area contributed by atoms with Crippen molar-refractivity contribution in [2.75, 3.05) is 7.11 Å². The Kier molecular flexibility index (Phi) is 2.52. The average Bonchev–Trinajstić information content (AvgIpc) is 2.39. The lowest BCUT2D eigenvalue weighted by atomic mass is 10.1. The summed E-state index contributed by atoms with van der Waals surface area (Å²) in [6.07, 6.45) is 0. The van der Waals surface area contributed by atoms with Gasteiger partial charge in [-0.3, -0.25) is 4.79 Å². The number of benzene rings is 2. The largest absolute Gasteiger partial charge is 0.493 e. The van der Waals surface area contributed by atoms with Crippen LogP contribution in [0.5, 0.6) is 5.75 Å². The van der Waals surface area contributed by atoms with Crippen LogP contribution in [0.4, 0.5) is 4.39 Å². The van der Waals surface area contributed by atoms with Gasteiger partial charge in [0, 0.05) is 6.07 Å². The Labute approximate surface area is 108 Å². The highest BCUT2D eigenvalue weighted by Gasteiger charge is 2.12. The van der Waals surface area contributed by atoms with Gasteiger partial charge in [-0.15, -0.1) is 0 Å². The Morgan fingerprint density at radius 3 is 2.68 bits per heavy atom. The quantitative estimate of drug-likeness (QED) is 0.628. The van der Waals surface area contributed by atoms with Crippen molar-refractivity contribution in [2.24, 2.45) is 0 Å². The van der Waals surface area contributed by atoms with E-state index in [0.29, 0.717) is 22.1 Å². The van der Waals surface area contributed by atoms with E-state index in [1.807, 2.05) is 6.92 Å². The van der Waals surface area contributed by atoms with E-state index in [4.69, 9.17) is 9.15 Å². The molecule has 1 aromatic heterocycles. The maximum Gasteiger partial charge on any atom is 0.200 e. The molecule has 0 fully saturated rings. The first-order valence-corrected chi connectivity index (χ1v) is 5.81. The first kappa shape index (κ1) is 11.7. The van der Waals surface area contributed by atoms with Crippen LogP contribution >= 0.6 is 0 Å². The van der Waals surface area contributed by atoms with E-state index in [-0.39, 0.29) is 11.0 Å². The van der Waals surface area contributed by atoms with Gasteiger partial charge in [0.25, 0.3) is 0 Å². The number of halogens is 1. The normalized spacial score (nSPS) is 11.1. The third-order valence-electron chi connectivity index (χ3n) is 3.06. The number of fused-ring (bicyclic) bond motifs is 2. The third-order valence-corrected chi connectivity index (χ3v) is 3.06. The second-order valence-electron chi connectivity index (χ2n) is 4.42. The van der Waals surface area contributed by atoms with Crippen LogP contribution in [0.1, 0.15) is 5.56 Å². The van der Waals surface area contributed by atoms with E-state index >= 15 is 0 Å². The monoisotopic (exact) mass is 258 g/mol. The average molecular weight is 258 g/mol. The van der Waals surface area contributed by atoms with Crippen LogP contribution in [0.3, 0.4) is 0 Å². The molecular formula is C15H11FO3. The fourth-order valence-corrected chi connectivity index (χ4v) is 2.19. The summed E-state index contributed by atoms with van der Waals surface area (Å²) in [6.45, 7) is 1.87. The van der Waals surface area contributed by atoms with Crippen molar-refractivity contribution >= 4 is 21.9 Å². The Morgan fingerprint density at radius 2 is 1.95 bits per heavy atom. The summed E-state index contributed by atoms with van der Waals surface area (Å²) in [5, 5.41) is 0.803. The summed E-state index contributed by atoms with van der Waals surface area (Å²) >= 11 is 0. The smallest absolute Gasteiger partial charge is 0.200 e. The minimum atomic E-state index is -0.443. The molecule has 0 amide bonds. The lowest BCUT2D eigenvalue weighted by Gasteiger charge is -2.07. The van der Waals surface area contributed by atoms with Gasteiger partial charge in [-0.2, -0.15) is 0 Å². The summed E-state index contributed by atoms with van der Waals surface area (Å²) in [7, 11) is 1.50. The summed E-state index contributed by atoms with van der Waals surface area (Å²) in [4.78, 5) is 12.4. The van der Waals surface area contributed by atoms with Gasteiger partial charge in [0.1, 0.15) is 11.4 Å². The second kappa shape index (κ2) is 4.09. The molecule has 0 aliphatic carbocycles. The molecule has 3 aromatic rings. The number of ether oxygens (including phenoxy) is 1. The van der Waals surface area contributed by atoms with Crippen molar-refractivity contribution in [2.45, 2.75) is 6.92 Å². The predicted molar refractivity (Wildman–Crippen MR) is 71.2 cm³/mol. The van der Waals surface area contributed by atoms with Gasteiger partial charge in [-0.05, 0) is 36.8 Å². The van der Waals surface area contributed by atoms with Crippen LogP contribution in [-0.4, -0.2) is 7.11 Å². The summed E-state index contributed by atoms with van der Waals surface area (Å²) in [5.41, 5.74) is 1.28. The van der Waals surface area contributed by atoms with Gasteiger partial charge in [-0.25, -0.2) is 4.39 Å². The lowest BCUT2D eigenvalue weighted by Crippen LogP contribution is -2.03. The van der Waals surface area contributed by atoms with Crippen molar-refractivity contribution in [3.63, 3.8) is 0 Å². The van der Waals surface area contributed by atoms with Crippen LogP contribution in [0, 0.1) is 12.7 Å². The molecule has 19 heavy (non-hydrogen) atoms. The van der Waals surface area contributed by atoms with Gasteiger partial charge in [0.15, 0.2) is 11.3 Å². The molecule has 0 unspecified atom stereocenters. The van der Waals surface area contributed by atoms with E-state index in [9.17, 15) is 9.18 Å². The fraction of sp³-hybridized carbons (Fsp3) is 0.133. The Balaban J connectivity index is 2.57. The molecule has 0 atom stereocenters. The van der Waals surface area contributed by atoms with Crippen molar-refractivity contribution < 1.29 is 13.5 Å². The van der Waals surface area contributed by atoms with Crippen molar-refractivity contribution in [3.05, 3.63) is 51.9 Å². The number of rotatable bonds is 1. The topological polar surface area (TPSA) is 39.4 Å². The predicted octanol–water partition coefficient (Wildman–Crippen LogP) is 3.40. The van der Waals surface area contributed by atoms with Gasteiger partial charge in [0.2, 0.25) is 5.43 Å². The maximum absolute atomic E-state index is 13.2. The van der Waals surface area contributed by atoms with Crippen LogP contribution in [0.25, 0.3) is 21.9 Å². The van der Waals surface area contributed by atoms with E-state index in [0.717, 1.165) is 5.56 Å². The van der Waals surface area contributed by atoms with Crippen LogP contribution < -0.4 is 10.2 Å². The van der Waals surface area contributed by atoms with E-state index in [1.54, 1.807) is 12.1 Å². The molecule has 0 spiro atoms. The Morgan fingerprint density at radius 1 is 1.16 bits per heavy atom. The third kappa shape index (κ3) is 1.76. The minimum Gasteiger partial charge on any atom is -0.493 e. The molecule has 2 aromatic carbocycles. The highest BCUT2D eigenvalue weighted by molar-refractivity contribution is 5.92. The molecule has 1 heterocycles. The van der Waals surface area contributed by atoms with Crippen LogP contribution in [-0.2, 0) is 0 Å². The molecule has 0 saturated carbocycles. The molecule has 3 nitrogen and oxygen atoms in total. The highest BCUT2D eigenvalue weighted by Crippen LogP contribution is 2.28. The van der Waals surface area contributed by atoms with Crippen molar-refractivity contribution in [3.8, 4) is 5.75 Å². The molecule has 0 N–H and O–H groups in total. The molecule has 96 valence electrons. The van der Waals surface area contributed by atoms with Crippen molar-refractivity contribution in [1.29, 1.82) is 0 Å². The molecule has 0 bridgehead atoms. The molecular weight excluding hydrogens is 247 g/mol. The molecule has 0 aliphatic heterocycles.